The summed E-state index contributed by atoms with van der Waals surface area (Å²) in [4.78, 5) is 6.30. The van der Waals surface area contributed by atoms with Crippen molar-refractivity contribution in [3.05, 3.63) is 42.0 Å². The number of aryl methyl sites for hydroxylation is 1. The zero-order valence-corrected chi connectivity index (χ0v) is 10.7. The summed E-state index contributed by atoms with van der Waals surface area (Å²) in [5.41, 5.74) is 2.75. The Morgan fingerprint density at radius 3 is 3.00 bits per heavy atom. The van der Waals surface area contributed by atoms with Gasteiger partial charge in [0.2, 0.25) is 0 Å². The Hall–Kier alpha value is -2.35. The maximum absolute atomic E-state index is 8.70. The summed E-state index contributed by atoms with van der Waals surface area (Å²) in [5, 5.41) is 12.8. The molecule has 5 nitrogen and oxygen atoms in total. The standard InChI is InChI=1S/C14H15N5/c15-10-14-16-11-19(17-14)9-8-18-7-3-5-12-4-1-2-6-13(12)18/h1-2,4,6,11H,3,5,7-9H2. The molecule has 96 valence electrons. The summed E-state index contributed by atoms with van der Waals surface area (Å²) in [6.07, 6.45) is 3.97. The van der Waals surface area contributed by atoms with E-state index in [2.05, 4.69) is 39.2 Å². The smallest absolute Gasteiger partial charge is 0.252 e. The second kappa shape index (κ2) is 5.11. The van der Waals surface area contributed by atoms with Crippen molar-refractivity contribution < 1.29 is 0 Å². The zero-order chi connectivity index (χ0) is 13.1. The van der Waals surface area contributed by atoms with E-state index < -0.39 is 0 Å². The molecule has 0 bridgehead atoms. The number of rotatable bonds is 3. The van der Waals surface area contributed by atoms with Crippen LogP contribution in [0.5, 0.6) is 0 Å². The molecule has 1 aromatic carbocycles. The second-order valence-corrected chi connectivity index (χ2v) is 4.66. The molecule has 0 saturated carbocycles. The minimum absolute atomic E-state index is 0.235. The van der Waals surface area contributed by atoms with Crippen LogP contribution in [-0.4, -0.2) is 27.9 Å². The van der Waals surface area contributed by atoms with E-state index in [0.717, 1.165) is 26.1 Å². The van der Waals surface area contributed by atoms with E-state index in [1.54, 1.807) is 11.0 Å². The van der Waals surface area contributed by atoms with Crippen molar-refractivity contribution in [3.8, 4) is 6.07 Å². The van der Waals surface area contributed by atoms with Crippen LogP contribution >= 0.6 is 0 Å². The van der Waals surface area contributed by atoms with Crippen LogP contribution in [0.4, 0.5) is 5.69 Å². The molecule has 0 radical (unpaired) electrons. The number of hydrogen-bond donors (Lipinski definition) is 0. The normalized spacial score (nSPS) is 13.9. The molecule has 0 saturated heterocycles. The molecule has 1 aromatic heterocycles. The highest BCUT2D eigenvalue weighted by Crippen LogP contribution is 2.26. The molecule has 0 aliphatic carbocycles. The fourth-order valence-corrected chi connectivity index (χ4v) is 2.52. The van der Waals surface area contributed by atoms with Gasteiger partial charge in [-0.2, -0.15) is 5.26 Å². The Bertz CT molecular complexity index is 610. The predicted molar refractivity (Wildman–Crippen MR) is 71.7 cm³/mol. The first-order valence-electron chi connectivity index (χ1n) is 6.49. The van der Waals surface area contributed by atoms with E-state index in [-0.39, 0.29) is 5.82 Å². The van der Waals surface area contributed by atoms with Crippen LogP contribution < -0.4 is 4.90 Å². The molecule has 2 aromatic rings. The van der Waals surface area contributed by atoms with Gasteiger partial charge in [-0.25, -0.2) is 9.67 Å². The first-order valence-corrected chi connectivity index (χ1v) is 6.49. The van der Waals surface area contributed by atoms with Crippen molar-refractivity contribution >= 4 is 5.69 Å². The van der Waals surface area contributed by atoms with Crippen LogP contribution in [0.3, 0.4) is 0 Å². The fourth-order valence-electron chi connectivity index (χ4n) is 2.52. The number of aromatic nitrogens is 3. The van der Waals surface area contributed by atoms with Crippen LogP contribution in [0, 0.1) is 11.3 Å². The summed E-state index contributed by atoms with van der Waals surface area (Å²) >= 11 is 0. The summed E-state index contributed by atoms with van der Waals surface area (Å²) in [6.45, 7) is 2.73. The minimum Gasteiger partial charge on any atom is -0.369 e. The molecular weight excluding hydrogens is 238 g/mol. The predicted octanol–water partition coefficient (Wildman–Crippen LogP) is 1.60. The van der Waals surface area contributed by atoms with Crippen molar-refractivity contribution in [2.75, 3.05) is 18.0 Å². The van der Waals surface area contributed by atoms with Crippen LogP contribution in [0.25, 0.3) is 0 Å². The Kier molecular flexibility index (Phi) is 3.15. The zero-order valence-electron chi connectivity index (χ0n) is 10.7. The first-order chi connectivity index (χ1) is 9.36. The minimum atomic E-state index is 0.235. The first kappa shape index (κ1) is 11.7. The molecule has 0 spiro atoms. The van der Waals surface area contributed by atoms with Gasteiger partial charge in [0, 0.05) is 18.8 Å². The summed E-state index contributed by atoms with van der Waals surface area (Å²) < 4.78 is 1.73. The maximum atomic E-state index is 8.70. The van der Waals surface area contributed by atoms with E-state index in [1.807, 2.05) is 6.07 Å². The molecule has 1 aliphatic rings. The maximum Gasteiger partial charge on any atom is 0.252 e. The third-order valence-electron chi connectivity index (χ3n) is 3.44. The van der Waals surface area contributed by atoms with Crippen molar-refractivity contribution in [1.29, 1.82) is 5.26 Å². The van der Waals surface area contributed by atoms with Gasteiger partial charge in [-0.15, -0.1) is 5.10 Å². The lowest BCUT2D eigenvalue weighted by Gasteiger charge is -2.31. The Labute approximate surface area is 112 Å². The fraction of sp³-hybridized carbons (Fsp3) is 0.357. The number of benzene rings is 1. The molecule has 2 heterocycles. The van der Waals surface area contributed by atoms with E-state index in [4.69, 9.17) is 5.26 Å². The summed E-state index contributed by atoms with van der Waals surface area (Å²) in [7, 11) is 0. The number of para-hydroxylation sites is 1. The molecule has 0 unspecified atom stereocenters. The second-order valence-electron chi connectivity index (χ2n) is 4.66. The number of hydrogen-bond acceptors (Lipinski definition) is 4. The lowest BCUT2D eigenvalue weighted by Crippen LogP contribution is -2.32. The quantitative estimate of drug-likeness (QED) is 0.833. The van der Waals surface area contributed by atoms with Crippen molar-refractivity contribution in [1.82, 2.24) is 14.8 Å². The van der Waals surface area contributed by atoms with Crippen LogP contribution in [0.2, 0.25) is 0 Å². The molecule has 3 rings (SSSR count). The average molecular weight is 253 g/mol. The van der Waals surface area contributed by atoms with Crippen molar-refractivity contribution in [3.63, 3.8) is 0 Å². The highest BCUT2D eigenvalue weighted by atomic mass is 15.3. The van der Waals surface area contributed by atoms with Gasteiger partial charge in [0.1, 0.15) is 12.4 Å². The Morgan fingerprint density at radius 2 is 2.16 bits per heavy atom. The van der Waals surface area contributed by atoms with E-state index in [1.165, 1.54) is 17.7 Å². The monoisotopic (exact) mass is 253 g/mol. The number of fused-ring (bicyclic) bond motifs is 1. The average Bonchev–Trinajstić information content (AvgIpc) is 2.93. The van der Waals surface area contributed by atoms with Crippen LogP contribution in [-0.2, 0) is 13.0 Å². The Balaban J connectivity index is 1.70. The van der Waals surface area contributed by atoms with Crippen LogP contribution in [0.15, 0.2) is 30.6 Å². The number of nitrogens with zero attached hydrogens (tertiary/aromatic N) is 5. The van der Waals surface area contributed by atoms with Gasteiger partial charge in [-0.05, 0) is 24.5 Å². The third-order valence-corrected chi connectivity index (χ3v) is 3.44. The Morgan fingerprint density at radius 1 is 1.26 bits per heavy atom. The van der Waals surface area contributed by atoms with E-state index in [9.17, 15) is 0 Å². The van der Waals surface area contributed by atoms with Crippen molar-refractivity contribution in [2.45, 2.75) is 19.4 Å². The van der Waals surface area contributed by atoms with Gasteiger partial charge in [0.05, 0.1) is 6.54 Å². The molecule has 0 atom stereocenters. The SMILES string of the molecule is N#Cc1ncn(CCN2CCCc3ccccc32)n1. The van der Waals surface area contributed by atoms with E-state index in [0.29, 0.717) is 0 Å². The third kappa shape index (κ3) is 2.43. The molecule has 5 heteroatoms. The highest BCUT2D eigenvalue weighted by Gasteiger charge is 2.15. The molecule has 0 fully saturated rings. The van der Waals surface area contributed by atoms with Gasteiger partial charge in [0.15, 0.2) is 0 Å². The van der Waals surface area contributed by atoms with Gasteiger partial charge in [0.25, 0.3) is 5.82 Å². The highest BCUT2D eigenvalue weighted by molar-refractivity contribution is 5.55. The molecule has 1 aliphatic heterocycles. The largest absolute Gasteiger partial charge is 0.369 e. The number of nitriles is 1. The summed E-state index contributed by atoms with van der Waals surface area (Å²) in [6, 6.07) is 10.5. The van der Waals surface area contributed by atoms with E-state index >= 15 is 0 Å². The molecule has 0 N–H and O–H groups in total. The molecule has 0 amide bonds. The lowest BCUT2D eigenvalue weighted by molar-refractivity contribution is 0.577. The molecular formula is C14H15N5. The van der Waals surface area contributed by atoms with Crippen LogP contribution in [0.1, 0.15) is 17.8 Å². The molecule has 19 heavy (non-hydrogen) atoms. The van der Waals surface area contributed by atoms with Gasteiger partial charge in [-0.1, -0.05) is 18.2 Å². The lowest BCUT2D eigenvalue weighted by atomic mass is 10.0. The van der Waals surface area contributed by atoms with Gasteiger partial charge >= 0.3 is 0 Å². The van der Waals surface area contributed by atoms with Crippen molar-refractivity contribution in [2.24, 2.45) is 0 Å². The summed E-state index contributed by atoms with van der Waals surface area (Å²) in [5.74, 6) is 0.235. The topological polar surface area (TPSA) is 57.7 Å². The van der Waals surface area contributed by atoms with Gasteiger partial charge < -0.3 is 4.90 Å². The number of anilines is 1. The van der Waals surface area contributed by atoms with Gasteiger partial charge in [-0.3, -0.25) is 0 Å².